The van der Waals surface area contributed by atoms with Gasteiger partial charge in [0.05, 0.1) is 0 Å². The molecule has 2 aromatic rings. The monoisotopic (exact) mass is 272 g/mol. The summed E-state index contributed by atoms with van der Waals surface area (Å²) >= 11 is 1.80. The SMILES string of the molecule is CCc1ccsc1C(N)C1CCCc2cccnc21. The second kappa shape index (κ2) is 5.43. The fourth-order valence-corrected chi connectivity index (χ4v) is 4.17. The molecule has 100 valence electrons. The lowest BCUT2D eigenvalue weighted by Crippen LogP contribution is -2.24. The van der Waals surface area contributed by atoms with Gasteiger partial charge in [-0.2, -0.15) is 0 Å². The van der Waals surface area contributed by atoms with E-state index in [2.05, 4.69) is 29.4 Å². The predicted octanol–water partition coefficient (Wildman–Crippen LogP) is 3.83. The standard InChI is InChI=1S/C16H20N2S/c1-2-11-8-10-19-16(11)14(17)13-7-3-5-12-6-4-9-18-15(12)13/h4,6,8-10,13-14H,2-3,5,7,17H2,1H3. The van der Waals surface area contributed by atoms with Gasteiger partial charge in [0.25, 0.3) is 0 Å². The summed E-state index contributed by atoms with van der Waals surface area (Å²) in [5.74, 6) is 0.383. The Bertz CT molecular complexity index is 561. The van der Waals surface area contributed by atoms with Gasteiger partial charge in [0, 0.05) is 28.7 Å². The molecule has 2 aromatic heterocycles. The van der Waals surface area contributed by atoms with Crippen molar-refractivity contribution in [3.8, 4) is 0 Å². The van der Waals surface area contributed by atoms with E-state index in [1.165, 1.54) is 28.1 Å². The first-order valence-corrected chi connectivity index (χ1v) is 7.95. The zero-order chi connectivity index (χ0) is 13.2. The Balaban J connectivity index is 1.95. The Morgan fingerprint density at radius 1 is 1.47 bits per heavy atom. The van der Waals surface area contributed by atoms with Crippen molar-refractivity contribution in [2.45, 2.75) is 44.6 Å². The smallest absolute Gasteiger partial charge is 0.0485 e. The summed E-state index contributed by atoms with van der Waals surface area (Å²) in [6.45, 7) is 2.20. The molecule has 1 aliphatic carbocycles. The van der Waals surface area contributed by atoms with Crippen molar-refractivity contribution in [1.29, 1.82) is 0 Å². The highest BCUT2D eigenvalue weighted by Crippen LogP contribution is 2.40. The maximum absolute atomic E-state index is 6.58. The van der Waals surface area contributed by atoms with Crippen LogP contribution in [0.1, 0.15) is 53.4 Å². The molecule has 3 heteroatoms. The zero-order valence-corrected chi connectivity index (χ0v) is 12.1. The highest BCUT2D eigenvalue weighted by molar-refractivity contribution is 7.10. The maximum Gasteiger partial charge on any atom is 0.0485 e. The van der Waals surface area contributed by atoms with Crippen molar-refractivity contribution in [2.24, 2.45) is 5.73 Å². The van der Waals surface area contributed by atoms with Gasteiger partial charge in [-0.1, -0.05) is 13.0 Å². The van der Waals surface area contributed by atoms with E-state index in [1.807, 2.05) is 12.3 Å². The van der Waals surface area contributed by atoms with E-state index in [0.717, 1.165) is 19.3 Å². The van der Waals surface area contributed by atoms with Crippen molar-refractivity contribution in [1.82, 2.24) is 4.98 Å². The van der Waals surface area contributed by atoms with Crippen LogP contribution in [0.25, 0.3) is 0 Å². The van der Waals surface area contributed by atoms with Crippen LogP contribution in [-0.4, -0.2) is 4.98 Å². The predicted molar refractivity (Wildman–Crippen MR) is 80.5 cm³/mol. The molecule has 2 nitrogen and oxygen atoms in total. The number of aromatic nitrogens is 1. The summed E-state index contributed by atoms with van der Waals surface area (Å²) in [5, 5.41) is 2.16. The number of nitrogens with zero attached hydrogens (tertiary/aromatic N) is 1. The van der Waals surface area contributed by atoms with Gasteiger partial charge in [0.15, 0.2) is 0 Å². The third-order valence-electron chi connectivity index (χ3n) is 4.14. The first-order chi connectivity index (χ1) is 9.31. The fraction of sp³-hybridized carbons (Fsp3) is 0.438. The van der Waals surface area contributed by atoms with E-state index in [1.54, 1.807) is 11.3 Å². The van der Waals surface area contributed by atoms with Crippen LogP contribution in [0.5, 0.6) is 0 Å². The van der Waals surface area contributed by atoms with E-state index in [9.17, 15) is 0 Å². The van der Waals surface area contributed by atoms with Crippen LogP contribution in [0.3, 0.4) is 0 Å². The minimum absolute atomic E-state index is 0.101. The highest BCUT2D eigenvalue weighted by atomic mass is 32.1. The van der Waals surface area contributed by atoms with E-state index >= 15 is 0 Å². The Morgan fingerprint density at radius 2 is 2.37 bits per heavy atom. The van der Waals surface area contributed by atoms with Crippen molar-refractivity contribution in [2.75, 3.05) is 0 Å². The Hall–Kier alpha value is -1.19. The van der Waals surface area contributed by atoms with Gasteiger partial charge in [0.2, 0.25) is 0 Å². The largest absolute Gasteiger partial charge is 0.323 e. The van der Waals surface area contributed by atoms with Gasteiger partial charge in [-0.05, 0) is 54.3 Å². The van der Waals surface area contributed by atoms with Gasteiger partial charge < -0.3 is 5.73 Å². The third-order valence-corrected chi connectivity index (χ3v) is 5.20. The summed E-state index contributed by atoms with van der Waals surface area (Å²) in [7, 11) is 0. The molecule has 0 radical (unpaired) electrons. The quantitative estimate of drug-likeness (QED) is 0.922. The molecule has 0 aliphatic heterocycles. The lowest BCUT2D eigenvalue weighted by molar-refractivity contribution is 0.465. The average Bonchev–Trinajstić information content (AvgIpc) is 2.94. The molecule has 3 rings (SSSR count). The number of nitrogens with two attached hydrogens (primary N) is 1. The Morgan fingerprint density at radius 3 is 3.21 bits per heavy atom. The number of pyridine rings is 1. The first kappa shape index (κ1) is 12.8. The van der Waals surface area contributed by atoms with E-state index in [-0.39, 0.29) is 6.04 Å². The van der Waals surface area contributed by atoms with Crippen molar-refractivity contribution >= 4 is 11.3 Å². The number of rotatable bonds is 3. The number of hydrogen-bond donors (Lipinski definition) is 1. The van der Waals surface area contributed by atoms with Crippen LogP contribution in [0, 0.1) is 0 Å². The van der Waals surface area contributed by atoms with Crippen LogP contribution >= 0.6 is 11.3 Å². The molecule has 0 amide bonds. The van der Waals surface area contributed by atoms with Gasteiger partial charge in [0.1, 0.15) is 0 Å². The second-order valence-electron chi connectivity index (χ2n) is 5.24. The zero-order valence-electron chi connectivity index (χ0n) is 11.3. The fourth-order valence-electron chi connectivity index (χ4n) is 3.11. The minimum atomic E-state index is 0.101. The molecule has 1 aliphatic rings. The molecule has 2 atom stereocenters. The average molecular weight is 272 g/mol. The van der Waals surface area contributed by atoms with Crippen molar-refractivity contribution in [3.63, 3.8) is 0 Å². The lowest BCUT2D eigenvalue weighted by atomic mass is 9.81. The number of fused-ring (bicyclic) bond motifs is 1. The molecule has 0 bridgehead atoms. The Kier molecular flexibility index (Phi) is 3.67. The summed E-state index contributed by atoms with van der Waals surface area (Å²) in [6, 6.07) is 6.55. The molecule has 2 unspecified atom stereocenters. The molecule has 2 heterocycles. The number of aryl methyl sites for hydroxylation is 2. The second-order valence-corrected chi connectivity index (χ2v) is 6.18. The van der Waals surface area contributed by atoms with Gasteiger partial charge in [-0.25, -0.2) is 0 Å². The van der Waals surface area contributed by atoms with Crippen molar-refractivity contribution < 1.29 is 0 Å². The van der Waals surface area contributed by atoms with Gasteiger partial charge in [-0.3, -0.25) is 4.98 Å². The third kappa shape index (κ3) is 2.33. The van der Waals surface area contributed by atoms with E-state index < -0.39 is 0 Å². The normalized spacial score (nSPS) is 20.0. The number of thiophene rings is 1. The molecule has 0 saturated carbocycles. The highest BCUT2D eigenvalue weighted by Gasteiger charge is 2.29. The molecule has 0 saturated heterocycles. The van der Waals surface area contributed by atoms with E-state index in [0.29, 0.717) is 5.92 Å². The Labute approximate surface area is 118 Å². The molecule has 0 fully saturated rings. The number of hydrogen-bond acceptors (Lipinski definition) is 3. The van der Waals surface area contributed by atoms with Crippen LogP contribution in [0.2, 0.25) is 0 Å². The molecule has 19 heavy (non-hydrogen) atoms. The van der Waals surface area contributed by atoms with Crippen LogP contribution in [0.4, 0.5) is 0 Å². The topological polar surface area (TPSA) is 38.9 Å². The lowest BCUT2D eigenvalue weighted by Gasteiger charge is -2.29. The van der Waals surface area contributed by atoms with Crippen LogP contribution in [-0.2, 0) is 12.8 Å². The minimum Gasteiger partial charge on any atom is -0.323 e. The van der Waals surface area contributed by atoms with Crippen molar-refractivity contribution in [3.05, 3.63) is 51.5 Å². The van der Waals surface area contributed by atoms with Gasteiger partial charge >= 0.3 is 0 Å². The molecular formula is C16H20N2S. The summed E-state index contributed by atoms with van der Waals surface area (Å²) in [4.78, 5) is 5.96. The first-order valence-electron chi connectivity index (χ1n) is 7.07. The van der Waals surface area contributed by atoms with Crippen LogP contribution in [0.15, 0.2) is 29.8 Å². The summed E-state index contributed by atoms with van der Waals surface area (Å²) in [5.41, 5.74) is 10.6. The summed E-state index contributed by atoms with van der Waals surface area (Å²) < 4.78 is 0. The maximum atomic E-state index is 6.58. The van der Waals surface area contributed by atoms with Crippen LogP contribution < -0.4 is 5.73 Å². The molecule has 0 aromatic carbocycles. The molecule has 0 spiro atoms. The van der Waals surface area contributed by atoms with E-state index in [4.69, 9.17) is 5.73 Å². The molecular weight excluding hydrogens is 252 g/mol. The molecule has 2 N–H and O–H groups in total. The summed E-state index contributed by atoms with van der Waals surface area (Å²) in [6.07, 6.45) is 6.50. The van der Waals surface area contributed by atoms with Gasteiger partial charge in [-0.15, -0.1) is 11.3 Å².